The molecule has 4 nitrogen and oxygen atoms in total. The molecule has 0 atom stereocenters. The van der Waals surface area contributed by atoms with Gasteiger partial charge in [0.25, 0.3) is 0 Å². The highest BCUT2D eigenvalue weighted by atomic mass is 32.2. The number of aromatic nitrogens is 2. The smallest absolute Gasteiger partial charge is 0.210 e. The number of aryl methyl sites for hydroxylation is 1. The molecule has 138 valence electrons. The van der Waals surface area contributed by atoms with Gasteiger partial charge in [-0.3, -0.25) is 4.57 Å². The van der Waals surface area contributed by atoms with Gasteiger partial charge in [0.2, 0.25) is 9.84 Å². The fourth-order valence-corrected chi connectivity index (χ4v) is 5.44. The summed E-state index contributed by atoms with van der Waals surface area (Å²) in [6.45, 7) is 2.03. The molecule has 0 spiro atoms. The van der Waals surface area contributed by atoms with Gasteiger partial charge < -0.3 is 0 Å². The Morgan fingerprint density at radius 3 is 2.46 bits per heavy atom. The molecule has 3 aromatic carbocycles. The van der Waals surface area contributed by atoms with Crippen LogP contribution in [0.5, 0.6) is 0 Å². The minimum absolute atomic E-state index is 0.328. The zero-order valence-corrected chi connectivity index (χ0v) is 16.1. The highest BCUT2D eigenvalue weighted by Gasteiger charge is 2.32. The molecule has 5 rings (SSSR count). The molecular weight excluding hydrogens is 368 g/mol. The fraction of sp³-hybridized carbons (Fsp3) is 0.0870. The second-order valence-corrected chi connectivity index (χ2v) is 8.70. The quantitative estimate of drug-likeness (QED) is 0.414. The monoisotopic (exact) mass is 386 g/mol. The number of para-hydroxylation sites is 1. The van der Waals surface area contributed by atoms with Gasteiger partial charge in [0.05, 0.1) is 26.5 Å². The molecule has 0 saturated carbocycles. The molecule has 0 saturated heterocycles. The van der Waals surface area contributed by atoms with Gasteiger partial charge in [-0.1, -0.05) is 61.5 Å². The Morgan fingerprint density at radius 1 is 0.893 bits per heavy atom. The summed E-state index contributed by atoms with van der Waals surface area (Å²) in [6, 6.07) is 20.8. The fourth-order valence-electron chi connectivity index (χ4n) is 3.77. The number of imidazole rings is 1. The minimum Gasteiger partial charge on any atom is -0.294 e. The lowest BCUT2D eigenvalue weighted by atomic mass is 10.1. The first-order valence-corrected chi connectivity index (χ1v) is 10.7. The van der Waals surface area contributed by atoms with Gasteiger partial charge in [-0.2, -0.15) is 0 Å². The third-order valence-electron chi connectivity index (χ3n) is 5.10. The summed E-state index contributed by atoms with van der Waals surface area (Å²) in [6.07, 6.45) is 4.65. The minimum atomic E-state index is -3.60. The summed E-state index contributed by atoms with van der Waals surface area (Å²) < 4.78 is 28.7. The predicted octanol–water partition coefficient (Wildman–Crippen LogP) is 4.90. The zero-order valence-electron chi connectivity index (χ0n) is 15.3. The molecule has 2 heterocycles. The molecule has 0 bridgehead atoms. The van der Waals surface area contributed by atoms with E-state index in [1.54, 1.807) is 18.2 Å². The van der Waals surface area contributed by atoms with E-state index < -0.39 is 9.84 Å². The number of nitrogens with zero attached hydrogens (tertiary/aromatic N) is 2. The number of hydrogen-bond donors (Lipinski definition) is 0. The van der Waals surface area contributed by atoms with Crippen molar-refractivity contribution in [2.75, 3.05) is 0 Å². The van der Waals surface area contributed by atoms with Crippen molar-refractivity contribution >= 4 is 33.0 Å². The maximum Gasteiger partial charge on any atom is 0.210 e. The van der Waals surface area contributed by atoms with Gasteiger partial charge >= 0.3 is 0 Å². The van der Waals surface area contributed by atoms with Crippen molar-refractivity contribution in [1.82, 2.24) is 9.55 Å². The first-order valence-electron chi connectivity index (χ1n) is 9.22. The number of sulfone groups is 1. The van der Waals surface area contributed by atoms with E-state index in [0.717, 1.165) is 28.9 Å². The first kappa shape index (κ1) is 17.0. The molecule has 5 heteroatoms. The molecule has 0 fully saturated rings. The van der Waals surface area contributed by atoms with E-state index in [-0.39, 0.29) is 0 Å². The van der Waals surface area contributed by atoms with E-state index in [1.165, 1.54) is 0 Å². The maximum absolute atomic E-state index is 13.3. The average molecular weight is 386 g/mol. The Balaban J connectivity index is 1.73. The van der Waals surface area contributed by atoms with Crippen molar-refractivity contribution in [3.63, 3.8) is 0 Å². The summed E-state index contributed by atoms with van der Waals surface area (Å²) in [5.41, 5.74) is 3.99. The van der Waals surface area contributed by atoms with Gasteiger partial charge in [0.1, 0.15) is 5.82 Å². The normalized spacial score (nSPS) is 14.5. The predicted molar refractivity (Wildman–Crippen MR) is 111 cm³/mol. The van der Waals surface area contributed by atoms with Crippen LogP contribution in [0.25, 0.3) is 28.9 Å². The topological polar surface area (TPSA) is 52.0 Å². The number of hydrogen-bond acceptors (Lipinski definition) is 3. The molecule has 1 aromatic heterocycles. The molecule has 28 heavy (non-hydrogen) atoms. The Kier molecular flexibility index (Phi) is 3.74. The van der Waals surface area contributed by atoms with E-state index in [9.17, 15) is 8.42 Å². The molecule has 4 aromatic rings. The SMILES string of the molecule is CCc1nc2cccc3c2n1-c1ccc(/C=C/c2ccccc2)cc1S3(=O)=O. The van der Waals surface area contributed by atoms with E-state index in [1.807, 2.05) is 72.2 Å². The zero-order chi connectivity index (χ0) is 19.3. The summed E-state index contributed by atoms with van der Waals surface area (Å²) in [5, 5.41) is 0. The van der Waals surface area contributed by atoms with Crippen molar-refractivity contribution in [1.29, 1.82) is 0 Å². The molecule has 1 aliphatic heterocycles. The lowest BCUT2D eigenvalue weighted by Crippen LogP contribution is -2.16. The molecule has 0 unspecified atom stereocenters. The third kappa shape index (κ3) is 2.43. The number of fused-ring (bicyclic) bond motifs is 2. The van der Waals surface area contributed by atoms with Gasteiger partial charge in [0, 0.05) is 6.42 Å². The van der Waals surface area contributed by atoms with Crippen LogP contribution in [-0.2, 0) is 16.3 Å². The van der Waals surface area contributed by atoms with Crippen LogP contribution in [0.15, 0.2) is 76.5 Å². The molecule has 0 N–H and O–H groups in total. The largest absolute Gasteiger partial charge is 0.294 e. The maximum atomic E-state index is 13.3. The highest BCUT2D eigenvalue weighted by Crippen LogP contribution is 2.39. The summed E-state index contributed by atoms with van der Waals surface area (Å²) in [7, 11) is -3.60. The van der Waals surface area contributed by atoms with Crippen molar-refractivity contribution in [2.24, 2.45) is 0 Å². The van der Waals surface area contributed by atoms with Crippen LogP contribution in [0.3, 0.4) is 0 Å². The second kappa shape index (κ2) is 6.17. The van der Waals surface area contributed by atoms with Gasteiger partial charge in [-0.25, -0.2) is 13.4 Å². The van der Waals surface area contributed by atoms with Gasteiger partial charge in [0.15, 0.2) is 0 Å². The molecule has 0 aliphatic carbocycles. The van der Waals surface area contributed by atoms with Crippen molar-refractivity contribution < 1.29 is 8.42 Å². The van der Waals surface area contributed by atoms with Crippen LogP contribution in [0.1, 0.15) is 23.9 Å². The van der Waals surface area contributed by atoms with Gasteiger partial charge in [-0.15, -0.1) is 0 Å². The lowest BCUT2D eigenvalue weighted by Gasteiger charge is -2.21. The van der Waals surface area contributed by atoms with E-state index in [4.69, 9.17) is 0 Å². The summed E-state index contributed by atoms with van der Waals surface area (Å²) in [4.78, 5) is 5.31. The molecule has 0 radical (unpaired) electrons. The second-order valence-electron chi connectivity index (χ2n) is 6.82. The Morgan fingerprint density at radius 2 is 1.68 bits per heavy atom. The van der Waals surface area contributed by atoms with Crippen LogP contribution in [0.4, 0.5) is 0 Å². The Bertz CT molecular complexity index is 1350. The standard InChI is InChI=1S/C23H18N2O2S/c1-2-22-24-18-9-6-10-20-23(18)25(22)19-14-13-17(15-21(19)28(20,26)27)12-11-16-7-4-3-5-8-16/h3-15H,2H2,1H3/b12-11+. The van der Waals surface area contributed by atoms with Gasteiger partial charge in [-0.05, 0) is 35.4 Å². The number of rotatable bonds is 3. The van der Waals surface area contributed by atoms with Crippen molar-refractivity contribution in [3.8, 4) is 5.69 Å². The summed E-state index contributed by atoms with van der Waals surface area (Å²) >= 11 is 0. The Hall–Kier alpha value is -3.18. The van der Waals surface area contributed by atoms with Crippen LogP contribution in [0.2, 0.25) is 0 Å². The van der Waals surface area contributed by atoms with Crippen LogP contribution in [-0.4, -0.2) is 18.0 Å². The Labute approximate surface area is 163 Å². The average Bonchev–Trinajstić information content (AvgIpc) is 3.11. The van der Waals surface area contributed by atoms with E-state index in [2.05, 4.69) is 4.98 Å². The van der Waals surface area contributed by atoms with Crippen LogP contribution >= 0.6 is 0 Å². The molecule has 0 amide bonds. The van der Waals surface area contributed by atoms with E-state index >= 15 is 0 Å². The van der Waals surface area contributed by atoms with Crippen molar-refractivity contribution in [2.45, 2.75) is 23.1 Å². The van der Waals surface area contributed by atoms with Crippen LogP contribution < -0.4 is 0 Å². The number of benzene rings is 3. The molecule has 1 aliphatic rings. The van der Waals surface area contributed by atoms with Crippen LogP contribution in [0, 0.1) is 0 Å². The van der Waals surface area contributed by atoms with Crippen molar-refractivity contribution in [3.05, 3.63) is 83.7 Å². The molecular formula is C23H18N2O2S. The lowest BCUT2D eigenvalue weighted by molar-refractivity contribution is 0.594. The summed E-state index contributed by atoms with van der Waals surface area (Å²) in [5.74, 6) is 0.867. The van der Waals surface area contributed by atoms with E-state index in [0.29, 0.717) is 21.0 Å². The highest BCUT2D eigenvalue weighted by molar-refractivity contribution is 7.92. The first-order chi connectivity index (χ1) is 13.6. The third-order valence-corrected chi connectivity index (χ3v) is 6.91.